The van der Waals surface area contributed by atoms with Crippen LogP contribution in [0.5, 0.6) is 0 Å². The van der Waals surface area contributed by atoms with Crippen LogP contribution in [0.15, 0.2) is 52.0 Å². The van der Waals surface area contributed by atoms with Crippen molar-refractivity contribution in [1.82, 2.24) is 4.72 Å². The summed E-state index contributed by atoms with van der Waals surface area (Å²) >= 11 is 0. The number of aryl methyl sites for hydroxylation is 2. The van der Waals surface area contributed by atoms with Gasteiger partial charge >= 0.3 is 0 Å². The van der Waals surface area contributed by atoms with Gasteiger partial charge < -0.3 is 4.42 Å². The number of rotatable bonds is 6. The first-order chi connectivity index (χ1) is 9.47. The van der Waals surface area contributed by atoms with Crippen molar-refractivity contribution in [2.75, 3.05) is 0 Å². The molecule has 0 bridgehead atoms. The maximum atomic E-state index is 12.2. The van der Waals surface area contributed by atoms with Crippen molar-refractivity contribution in [3.05, 3.63) is 54.0 Å². The molecule has 0 unspecified atom stereocenters. The smallest absolute Gasteiger partial charge is 0.240 e. The molecule has 20 heavy (non-hydrogen) atoms. The summed E-state index contributed by atoms with van der Waals surface area (Å²) in [5.74, 6) is 0.867. The van der Waals surface area contributed by atoms with Crippen molar-refractivity contribution in [2.45, 2.75) is 37.6 Å². The zero-order chi connectivity index (χ0) is 14.6. The van der Waals surface area contributed by atoms with Gasteiger partial charge in [0, 0.05) is 12.5 Å². The molecule has 2 rings (SSSR count). The molecule has 1 aromatic carbocycles. The molecule has 0 radical (unpaired) electrons. The zero-order valence-corrected chi connectivity index (χ0v) is 12.5. The molecule has 0 saturated heterocycles. The Morgan fingerprint density at radius 3 is 2.50 bits per heavy atom. The van der Waals surface area contributed by atoms with Gasteiger partial charge in [0.2, 0.25) is 10.0 Å². The topological polar surface area (TPSA) is 59.3 Å². The van der Waals surface area contributed by atoms with Crippen LogP contribution in [0.1, 0.15) is 24.7 Å². The lowest BCUT2D eigenvalue weighted by Gasteiger charge is -2.13. The van der Waals surface area contributed by atoms with E-state index >= 15 is 0 Å². The van der Waals surface area contributed by atoms with E-state index in [0.29, 0.717) is 17.7 Å². The van der Waals surface area contributed by atoms with Gasteiger partial charge in [0.25, 0.3) is 0 Å². The van der Waals surface area contributed by atoms with Crippen LogP contribution < -0.4 is 4.72 Å². The second kappa shape index (κ2) is 6.24. The van der Waals surface area contributed by atoms with E-state index in [1.807, 2.05) is 26.0 Å². The molecule has 4 nitrogen and oxygen atoms in total. The number of nitrogens with one attached hydrogen (secondary N) is 1. The molecule has 1 N–H and O–H groups in total. The van der Waals surface area contributed by atoms with E-state index in [4.69, 9.17) is 4.42 Å². The van der Waals surface area contributed by atoms with Gasteiger partial charge in [-0.15, -0.1) is 0 Å². The van der Waals surface area contributed by atoms with Crippen molar-refractivity contribution in [3.63, 3.8) is 0 Å². The van der Waals surface area contributed by atoms with Gasteiger partial charge in [0.1, 0.15) is 5.76 Å². The molecule has 0 saturated carbocycles. The number of hydrogen-bond donors (Lipinski definition) is 1. The Morgan fingerprint density at radius 1 is 1.20 bits per heavy atom. The lowest BCUT2D eigenvalue weighted by Crippen LogP contribution is -2.32. The summed E-state index contributed by atoms with van der Waals surface area (Å²) in [5.41, 5.74) is 1.04. The van der Waals surface area contributed by atoms with Gasteiger partial charge in [-0.1, -0.05) is 17.7 Å². The average Bonchev–Trinajstić information content (AvgIpc) is 2.89. The van der Waals surface area contributed by atoms with Crippen LogP contribution in [0, 0.1) is 6.92 Å². The number of sulfonamides is 1. The largest absolute Gasteiger partial charge is 0.469 e. The van der Waals surface area contributed by atoms with E-state index in [1.165, 1.54) is 0 Å². The monoisotopic (exact) mass is 293 g/mol. The van der Waals surface area contributed by atoms with Crippen LogP contribution >= 0.6 is 0 Å². The van der Waals surface area contributed by atoms with E-state index < -0.39 is 10.0 Å². The molecule has 2 aromatic rings. The summed E-state index contributed by atoms with van der Waals surface area (Å²) in [5, 5.41) is 0. The molecule has 0 aliphatic carbocycles. The highest BCUT2D eigenvalue weighted by molar-refractivity contribution is 7.89. The highest BCUT2D eigenvalue weighted by Crippen LogP contribution is 2.12. The zero-order valence-electron chi connectivity index (χ0n) is 11.7. The first kappa shape index (κ1) is 14.8. The third-order valence-corrected chi connectivity index (χ3v) is 4.70. The fraction of sp³-hybridized carbons (Fsp3) is 0.333. The van der Waals surface area contributed by atoms with Crippen LogP contribution in [-0.2, 0) is 16.4 Å². The van der Waals surface area contributed by atoms with E-state index in [9.17, 15) is 8.42 Å². The maximum absolute atomic E-state index is 12.2. The van der Waals surface area contributed by atoms with Crippen LogP contribution in [-0.4, -0.2) is 14.5 Å². The maximum Gasteiger partial charge on any atom is 0.240 e. The highest BCUT2D eigenvalue weighted by Gasteiger charge is 2.17. The third kappa shape index (κ3) is 3.95. The van der Waals surface area contributed by atoms with Gasteiger partial charge in [0.05, 0.1) is 11.2 Å². The number of hydrogen-bond acceptors (Lipinski definition) is 3. The minimum absolute atomic E-state index is 0.147. The van der Waals surface area contributed by atoms with Crippen LogP contribution in [0.2, 0.25) is 0 Å². The molecule has 0 spiro atoms. The Balaban J connectivity index is 1.95. The molecule has 5 heteroatoms. The Bertz CT molecular complexity index is 630. The lowest BCUT2D eigenvalue weighted by atomic mass is 10.2. The Labute approximate surface area is 119 Å². The van der Waals surface area contributed by atoms with Crippen molar-refractivity contribution in [3.8, 4) is 0 Å². The fourth-order valence-electron chi connectivity index (χ4n) is 1.92. The van der Waals surface area contributed by atoms with E-state index in [1.54, 1.807) is 30.5 Å². The first-order valence-corrected chi connectivity index (χ1v) is 8.07. The van der Waals surface area contributed by atoms with Crippen molar-refractivity contribution >= 4 is 10.0 Å². The standard InChI is InChI=1S/C15H19NO3S/c1-12-5-9-15(10-6-12)20(17,18)16-13(2)7-8-14-4-3-11-19-14/h3-6,9-11,13,16H,7-8H2,1-2H3/t13-/m1/s1. The predicted molar refractivity (Wildman–Crippen MR) is 78.0 cm³/mol. The predicted octanol–water partition coefficient (Wildman–Crippen LogP) is 2.89. The molecular weight excluding hydrogens is 274 g/mol. The van der Waals surface area contributed by atoms with E-state index in [0.717, 1.165) is 11.3 Å². The molecule has 1 aromatic heterocycles. The van der Waals surface area contributed by atoms with Gasteiger partial charge in [-0.2, -0.15) is 0 Å². The number of furan rings is 1. The van der Waals surface area contributed by atoms with Gasteiger partial charge in [-0.05, 0) is 44.5 Å². The molecule has 108 valence electrons. The molecule has 0 aliphatic heterocycles. The van der Waals surface area contributed by atoms with Crippen LogP contribution in [0.25, 0.3) is 0 Å². The summed E-state index contributed by atoms with van der Waals surface area (Å²) in [6, 6.07) is 10.4. The Morgan fingerprint density at radius 2 is 1.90 bits per heavy atom. The minimum atomic E-state index is -3.45. The van der Waals surface area contributed by atoms with Gasteiger partial charge in [0.15, 0.2) is 0 Å². The molecular formula is C15H19NO3S. The third-order valence-electron chi connectivity index (χ3n) is 3.09. The van der Waals surface area contributed by atoms with E-state index in [-0.39, 0.29) is 6.04 Å². The summed E-state index contributed by atoms with van der Waals surface area (Å²) in [6.07, 6.45) is 3.03. The lowest BCUT2D eigenvalue weighted by molar-refractivity contribution is 0.480. The SMILES string of the molecule is Cc1ccc(S(=O)(=O)N[C@H](C)CCc2ccco2)cc1. The minimum Gasteiger partial charge on any atom is -0.469 e. The summed E-state index contributed by atoms with van der Waals surface area (Å²) in [7, 11) is -3.45. The first-order valence-electron chi connectivity index (χ1n) is 6.59. The molecule has 1 atom stereocenters. The van der Waals surface area contributed by atoms with Crippen LogP contribution in [0.3, 0.4) is 0 Å². The van der Waals surface area contributed by atoms with Gasteiger partial charge in [-0.25, -0.2) is 13.1 Å². The summed E-state index contributed by atoms with van der Waals surface area (Å²) in [4.78, 5) is 0.299. The van der Waals surface area contributed by atoms with Gasteiger partial charge in [-0.3, -0.25) is 0 Å². The normalized spacial score (nSPS) is 13.3. The fourth-order valence-corrected chi connectivity index (χ4v) is 3.20. The summed E-state index contributed by atoms with van der Waals surface area (Å²) < 4.78 is 32.3. The highest BCUT2D eigenvalue weighted by atomic mass is 32.2. The molecule has 0 aliphatic rings. The molecule has 0 amide bonds. The second-order valence-electron chi connectivity index (χ2n) is 4.95. The second-order valence-corrected chi connectivity index (χ2v) is 6.67. The Hall–Kier alpha value is -1.59. The van der Waals surface area contributed by atoms with Crippen molar-refractivity contribution < 1.29 is 12.8 Å². The van der Waals surface area contributed by atoms with E-state index in [2.05, 4.69) is 4.72 Å². The quantitative estimate of drug-likeness (QED) is 0.891. The molecule has 0 fully saturated rings. The summed E-state index contributed by atoms with van der Waals surface area (Å²) in [6.45, 7) is 3.78. The van der Waals surface area contributed by atoms with Crippen LogP contribution in [0.4, 0.5) is 0 Å². The average molecular weight is 293 g/mol. The molecule has 1 heterocycles. The number of benzene rings is 1. The van der Waals surface area contributed by atoms with Crippen molar-refractivity contribution in [1.29, 1.82) is 0 Å². The van der Waals surface area contributed by atoms with Crippen molar-refractivity contribution in [2.24, 2.45) is 0 Å². The Kier molecular flexibility index (Phi) is 4.62.